The third-order valence-electron chi connectivity index (χ3n) is 6.00. The van der Waals surface area contributed by atoms with E-state index >= 15 is 0 Å². The van der Waals surface area contributed by atoms with E-state index in [1.165, 1.54) is 16.7 Å². The summed E-state index contributed by atoms with van der Waals surface area (Å²) in [6.07, 6.45) is 3.09. The van der Waals surface area contributed by atoms with Gasteiger partial charge in [0.2, 0.25) is 0 Å². The summed E-state index contributed by atoms with van der Waals surface area (Å²) in [5.74, 6) is -0.818. The highest BCUT2D eigenvalue weighted by molar-refractivity contribution is 5.73. The lowest BCUT2D eigenvalue weighted by Crippen LogP contribution is -2.48. The first kappa shape index (κ1) is 15.4. The Morgan fingerprint density at radius 1 is 1.00 bits per heavy atom. The Kier molecular flexibility index (Phi) is 3.89. The van der Waals surface area contributed by atoms with Crippen molar-refractivity contribution in [2.45, 2.75) is 37.3 Å². The maximum absolute atomic E-state index is 11.9. The van der Waals surface area contributed by atoms with Crippen LogP contribution in [0.5, 0.6) is 0 Å². The van der Waals surface area contributed by atoms with Crippen LogP contribution >= 0.6 is 0 Å². The molecule has 2 saturated heterocycles. The first-order valence-electron chi connectivity index (χ1n) is 8.75. The van der Waals surface area contributed by atoms with Crippen molar-refractivity contribution in [3.8, 4) is 11.1 Å². The number of carbonyl (C=O) groups is 1. The minimum Gasteiger partial charge on any atom is -0.481 e. The van der Waals surface area contributed by atoms with Crippen molar-refractivity contribution < 1.29 is 9.90 Å². The number of carboxylic acids is 1. The van der Waals surface area contributed by atoms with E-state index in [9.17, 15) is 9.90 Å². The Morgan fingerprint density at radius 2 is 1.67 bits per heavy atom. The van der Waals surface area contributed by atoms with Crippen molar-refractivity contribution >= 4 is 5.97 Å². The summed E-state index contributed by atoms with van der Waals surface area (Å²) in [5, 5.41) is 9.81. The molecule has 2 heterocycles. The van der Waals surface area contributed by atoms with E-state index in [2.05, 4.69) is 48.3 Å². The largest absolute Gasteiger partial charge is 0.481 e. The predicted molar refractivity (Wildman–Crippen MR) is 94.9 cm³/mol. The fourth-order valence-corrected chi connectivity index (χ4v) is 4.70. The van der Waals surface area contributed by atoms with Crippen molar-refractivity contribution in [3.63, 3.8) is 0 Å². The summed E-state index contributed by atoms with van der Waals surface area (Å²) >= 11 is 0. The van der Waals surface area contributed by atoms with Crippen molar-refractivity contribution in [2.24, 2.45) is 5.92 Å². The number of hydrogen-bond donors (Lipinski definition) is 1. The van der Waals surface area contributed by atoms with Gasteiger partial charge < -0.3 is 5.11 Å². The third-order valence-corrected chi connectivity index (χ3v) is 6.00. The van der Waals surface area contributed by atoms with Crippen LogP contribution in [0.3, 0.4) is 0 Å². The monoisotopic (exact) mass is 321 g/mol. The molecule has 2 aromatic rings. The summed E-state index contributed by atoms with van der Waals surface area (Å²) < 4.78 is 0. The first-order chi connectivity index (χ1) is 11.6. The quantitative estimate of drug-likeness (QED) is 0.929. The molecule has 1 unspecified atom stereocenters. The van der Waals surface area contributed by atoms with Crippen LogP contribution in [0.2, 0.25) is 0 Å². The molecule has 0 radical (unpaired) electrons. The van der Waals surface area contributed by atoms with E-state index in [-0.39, 0.29) is 17.9 Å². The van der Waals surface area contributed by atoms with E-state index < -0.39 is 5.97 Å². The minimum absolute atomic E-state index is 0.126. The standard InChI is InChI=1S/C21H23NO2/c1-22-17-11-12-19(22)20(21(23)24)18(13-17)16-9-7-15(8-10-16)14-5-3-2-4-6-14/h2-10,17-20H,11-13H2,1H3,(H,23,24)/t17?,18-,19-,20-/m1/s1. The number of aliphatic carboxylic acids is 1. The maximum Gasteiger partial charge on any atom is 0.308 e. The highest BCUT2D eigenvalue weighted by Crippen LogP contribution is 2.46. The van der Waals surface area contributed by atoms with E-state index in [1.807, 2.05) is 18.2 Å². The summed E-state index contributed by atoms with van der Waals surface area (Å²) in [4.78, 5) is 14.2. The highest BCUT2D eigenvalue weighted by atomic mass is 16.4. The van der Waals surface area contributed by atoms with Gasteiger partial charge in [0, 0.05) is 18.0 Å². The molecule has 0 aliphatic carbocycles. The van der Waals surface area contributed by atoms with Gasteiger partial charge in [-0.1, -0.05) is 54.6 Å². The van der Waals surface area contributed by atoms with Crippen LogP contribution in [-0.2, 0) is 4.79 Å². The molecule has 24 heavy (non-hydrogen) atoms. The van der Waals surface area contributed by atoms with Gasteiger partial charge in [-0.2, -0.15) is 0 Å². The maximum atomic E-state index is 11.9. The Bertz CT molecular complexity index is 725. The Morgan fingerprint density at radius 3 is 2.33 bits per heavy atom. The van der Waals surface area contributed by atoms with Gasteiger partial charge in [-0.25, -0.2) is 0 Å². The van der Waals surface area contributed by atoms with Gasteiger partial charge in [0.15, 0.2) is 0 Å². The molecule has 0 aromatic heterocycles. The van der Waals surface area contributed by atoms with Crippen LogP contribution in [0.25, 0.3) is 11.1 Å². The molecule has 4 atom stereocenters. The van der Waals surface area contributed by atoms with Gasteiger partial charge in [0.25, 0.3) is 0 Å². The van der Waals surface area contributed by atoms with Gasteiger partial charge in [-0.05, 0) is 43.0 Å². The molecule has 2 aliphatic rings. The summed E-state index contributed by atoms with van der Waals surface area (Å²) in [6, 6.07) is 19.5. The molecule has 0 amide bonds. The minimum atomic E-state index is -0.649. The van der Waals surface area contributed by atoms with Crippen LogP contribution in [0.15, 0.2) is 54.6 Å². The Labute approximate surface area is 142 Å². The lowest BCUT2D eigenvalue weighted by Gasteiger charge is -2.41. The van der Waals surface area contributed by atoms with Gasteiger partial charge in [0.05, 0.1) is 5.92 Å². The molecule has 2 aromatic carbocycles. The molecule has 4 rings (SSSR count). The van der Waals surface area contributed by atoms with E-state index in [0.29, 0.717) is 6.04 Å². The van der Waals surface area contributed by atoms with E-state index in [1.54, 1.807) is 0 Å². The fraction of sp³-hybridized carbons (Fsp3) is 0.381. The van der Waals surface area contributed by atoms with Gasteiger partial charge in [0.1, 0.15) is 0 Å². The second kappa shape index (κ2) is 6.06. The summed E-state index contributed by atoms with van der Waals surface area (Å²) in [7, 11) is 2.09. The average Bonchev–Trinajstić information content (AvgIpc) is 2.84. The van der Waals surface area contributed by atoms with Crippen molar-refractivity contribution in [1.29, 1.82) is 0 Å². The zero-order valence-corrected chi connectivity index (χ0v) is 13.9. The van der Waals surface area contributed by atoms with E-state index in [0.717, 1.165) is 19.3 Å². The molecule has 3 nitrogen and oxygen atoms in total. The second-order valence-electron chi connectivity index (χ2n) is 7.16. The molecule has 3 heteroatoms. The molecule has 124 valence electrons. The van der Waals surface area contributed by atoms with Crippen LogP contribution in [0.4, 0.5) is 0 Å². The third kappa shape index (κ3) is 2.53. The van der Waals surface area contributed by atoms with Crippen LogP contribution in [0, 0.1) is 5.92 Å². The smallest absolute Gasteiger partial charge is 0.308 e. The number of nitrogens with zero attached hydrogens (tertiary/aromatic N) is 1. The fourth-order valence-electron chi connectivity index (χ4n) is 4.70. The summed E-state index contributed by atoms with van der Waals surface area (Å²) in [6.45, 7) is 0. The SMILES string of the molecule is CN1C2CC[C@@H]1[C@H](C(=O)O)[C@@H](c1ccc(-c3ccccc3)cc1)C2. The molecule has 0 spiro atoms. The number of hydrogen-bond acceptors (Lipinski definition) is 2. The highest BCUT2D eigenvalue weighted by Gasteiger charge is 2.49. The lowest BCUT2D eigenvalue weighted by atomic mass is 9.76. The molecular formula is C21H23NO2. The molecule has 0 saturated carbocycles. The van der Waals surface area contributed by atoms with Crippen molar-refractivity contribution in [1.82, 2.24) is 4.90 Å². The van der Waals surface area contributed by atoms with Gasteiger partial charge in [-0.15, -0.1) is 0 Å². The normalized spacial score (nSPS) is 29.5. The van der Waals surface area contributed by atoms with Crippen molar-refractivity contribution in [3.05, 3.63) is 60.2 Å². The van der Waals surface area contributed by atoms with Gasteiger partial charge >= 0.3 is 5.97 Å². The average molecular weight is 321 g/mol. The Hall–Kier alpha value is -2.13. The molecule has 1 N–H and O–H groups in total. The van der Waals surface area contributed by atoms with E-state index in [4.69, 9.17) is 0 Å². The van der Waals surface area contributed by atoms with Crippen molar-refractivity contribution in [2.75, 3.05) is 7.05 Å². The molecule has 2 aliphatic heterocycles. The number of piperidine rings is 1. The summed E-state index contributed by atoms with van der Waals surface area (Å²) in [5.41, 5.74) is 3.55. The zero-order valence-electron chi connectivity index (χ0n) is 13.9. The van der Waals surface area contributed by atoms with Crippen LogP contribution < -0.4 is 0 Å². The second-order valence-corrected chi connectivity index (χ2v) is 7.16. The van der Waals surface area contributed by atoms with Gasteiger partial charge in [-0.3, -0.25) is 9.69 Å². The molecule has 2 bridgehead atoms. The number of fused-ring (bicyclic) bond motifs is 2. The Balaban J connectivity index is 1.64. The number of carboxylic acid groups (broad SMARTS) is 1. The number of benzene rings is 2. The molecular weight excluding hydrogens is 298 g/mol. The number of rotatable bonds is 3. The predicted octanol–water partition coefficient (Wildman–Crippen LogP) is 4.00. The molecule has 2 fully saturated rings. The lowest BCUT2D eigenvalue weighted by molar-refractivity contribution is -0.146. The first-order valence-corrected chi connectivity index (χ1v) is 8.75. The topological polar surface area (TPSA) is 40.5 Å². The van der Waals surface area contributed by atoms with Crippen LogP contribution in [-0.4, -0.2) is 35.1 Å². The zero-order chi connectivity index (χ0) is 16.7. The van der Waals surface area contributed by atoms with Crippen LogP contribution in [0.1, 0.15) is 30.7 Å².